The molecular formula is C22H19NO4. The van der Waals surface area contributed by atoms with E-state index in [1.165, 1.54) is 12.1 Å². The van der Waals surface area contributed by atoms with Gasteiger partial charge in [-0.25, -0.2) is 4.79 Å². The van der Waals surface area contributed by atoms with E-state index < -0.39 is 12.1 Å². The fraction of sp³-hybridized carbons (Fsp3) is 0.0909. The van der Waals surface area contributed by atoms with Crippen LogP contribution in [0.3, 0.4) is 0 Å². The highest BCUT2D eigenvalue weighted by molar-refractivity contribution is 5.95. The lowest BCUT2D eigenvalue weighted by molar-refractivity contribution is -0.122. The highest BCUT2D eigenvalue weighted by Crippen LogP contribution is 2.22. The minimum absolute atomic E-state index is 0.163. The second kappa shape index (κ2) is 8.19. The molecule has 2 N–H and O–H groups in total. The SMILES string of the molecule is C[C@H](Oc1ccc(-c2ccccc2)cc1)C(=O)Nc1ccc(C(=O)O)cc1. The van der Waals surface area contributed by atoms with E-state index in [0.29, 0.717) is 11.4 Å². The van der Waals surface area contributed by atoms with Crippen LogP contribution in [-0.4, -0.2) is 23.1 Å². The molecule has 0 heterocycles. The standard InChI is InChI=1S/C22H19NO4/c1-15(21(24)23-19-11-7-18(8-12-19)22(25)26)27-20-13-9-17(10-14-20)16-5-3-2-4-6-16/h2-15H,1H3,(H,23,24)(H,25,26)/t15-/m0/s1. The summed E-state index contributed by atoms with van der Waals surface area (Å²) in [6.07, 6.45) is -0.702. The number of carboxylic acid groups (broad SMARTS) is 1. The van der Waals surface area contributed by atoms with Crippen LogP contribution in [0.15, 0.2) is 78.9 Å². The summed E-state index contributed by atoms with van der Waals surface area (Å²) in [6.45, 7) is 1.66. The summed E-state index contributed by atoms with van der Waals surface area (Å²) in [4.78, 5) is 23.1. The van der Waals surface area contributed by atoms with Crippen molar-refractivity contribution < 1.29 is 19.4 Å². The van der Waals surface area contributed by atoms with Gasteiger partial charge in [-0.2, -0.15) is 0 Å². The summed E-state index contributed by atoms with van der Waals surface area (Å²) in [5.74, 6) is -0.729. The van der Waals surface area contributed by atoms with Crippen LogP contribution in [0, 0.1) is 0 Å². The Kier molecular flexibility index (Phi) is 5.52. The minimum atomic E-state index is -1.01. The summed E-state index contributed by atoms with van der Waals surface area (Å²) >= 11 is 0. The summed E-state index contributed by atoms with van der Waals surface area (Å²) < 4.78 is 5.70. The lowest BCUT2D eigenvalue weighted by Gasteiger charge is -2.15. The van der Waals surface area contributed by atoms with Gasteiger partial charge in [0.25, 0.3) is 5.91 Å². The predicted octanol–water partition coefficient (Wildman–Crippen LogP) is 4.46. The van der Waals surface area contributed by atoms with Crippen molar-refractivity contribution >= 4 is 17.6 Å². The van der Waals surface area contributed by atoms with E-state index in [9.17, 15) is 9.59 Å². The Morgan fingerprint density at radius 2 is 1.44 bits per heavy atom. The summed E-state index contributed by atoms with van der Waals surface area (Å²) in [5.41, 5.74) is 2.86. The third-order valence-electron chi connectivity index (χ3n) is 4.04. The van der Waals surface area contributed by atoms with Gasteiger partial charge in [-0.1, -0.05) is 42.5 Å². The molecule has 1 atom stereocenters. The molecule has 3 aromatic carbocycles. The van der Waals surface area contributed by atoms with Crippen molar-refractivity contribution in [1.29, 1.82) is 0 Å². The molecule has 3 rings (SSSR count). The largest absolute Gasteiger partial charge is 0.481 e. The van der Waals surface area contributed by atoms with Crippen LogP contribution in [0.4, 0.5) is 5.69 Å². The Morgan fingerprint density at radius 1 is 0.852 bits per heavy atom. The van der Waals surface area contributed by atoms with E-state index in [4.69, 9.17) is 9.84 Å². The first-order valence-electron chi connectivity index (χ1n) is 8.49. The molecule has 27 heavy (non-hydrogen) atoms. The van der Waals surface area contributed by atoms with E-state index in [1.54, 1.807) is 19.1 Å². The van der Waals surface area contributed by atoms with Crippen molar-refractivity contribution in [3.63, 3.8) is 0 Å². The Balaban J connectivity index is 1.60. The fourth-order valence-corrected chi connectivity index (χ4v) is 2.55. The number of hydrogen-bond donors (Lipinski definition) is 2. The van der Waals surface area contributed by atoms with Crippen molar-refractivity contribution in [3.05, 3.63) is 84.4 Å². The zero-order valence-electron chi connectivity index (χ0n) is 14.8. The fourth-order valence-electron chi connectivity index (χ4n) is 2.55. The third kappa shape index (κ3) is 4.73. The van der Waals surface area contributed by atoms with Crippen LogP contribution in [0.5, 0.6) is 5.75 Å². The second-order valence-corrected chi connectivity index (χ2v) is 6.02. The Labute approximate surface area is 157 Å². The first-order valence-corrected chi connectivity index (χ1v) is 8.49. The molecular weight excluding hydrogens is 342 g/mol. The van der Waals surface area contributed by atoms with Gasteiger partial charge in [0.15, 0.2) is 6.10 Å². The quantitative estimate of drug-likeness (QED) is 0.680. The molecule has 0 aliphatic carbocycles. The second-order valence-electron chi connectivity index (χ2n) is 6.02. The van der Waals surface area contributed by atoms with E-state index in [0.717, 1.165) is 11.1 Å². The number of anilines is 1. The third-order valence-corrected chi connectivity index (χ3v) is 4.04. The van der Waals surface area contributed by atoms with Crippen molar-refractivity contribution in [2.45, 2.75) is 13.0 Å². The molecule has 5 heteroatoms. The maximum atomic E-state index is 12.3. The zero-order chi connectivity index (χ0) is 19.2. The number of ether oxygens (including phenoxy) is 1. The highest BCUT2D eigenvalue weighted by atomic mass is 16.5. The van der Waals surface area contributed by atoms with Gasteiger partial charge in [-0.15, -0.1) is 0 Å². The number of carbonyl (C=O) groups is 2. The van der Waals surface area contributed by atoms with Gasteiger partial charge in [-0.05, 0) is 54.4 Å². The zero-order valence-corrected chi connectivity index (χ0v) is 14.8. The van der Waals surface area contributed by atoms with Crippen LogP contribution in [-0.2, 0) is 4.79 Å². The Morgan fingerprint density at radius 3 is 2.04 bits per heavy atom. The lowest BCUT2D eigenvalue weighted by atomic mass is 10.1. The summed E-state index contributed by atoms with van der Waals surface area (Å²) in [6, 6.07) is 23.5. The van der Waals surface area contributed by atoms with Crippen LogP contribution < -0.4 is 10.1 Å². The maximum Gasteiger partial charge on any atom is 0.335 e. The topological polar surface area (TPSA) is 75.6 Å². The van der Waals surface area contributed by atoms with E-state index >= 15 is 0 Å². The number of rotatable bonds is 6. The molecule has 0 unspecified atom stereocenters. The number of carboxylic acids is 1. The van der Waals surface area contributed by atoms with Crippen molar-refractivity contribution in [2.75, 3.05) is 5.32 Å². The average molecular weight is 361 g/mol. The molecule has 0 bridgehead atoms. The van der Waals surface area contributed by atoms with Crippen LogP contribution >= 0.6 is 0 Å². The Bertz CT molecular complexity index is 919. The number of nitrogens with one attached hydrogen (secondary N) is 1. The molecule has 1 amide bonds. The summed E-state index contributed by atoms with van der Waals surface area (Å²) in [7, 11) is 0. The molecule has 0 aliphatic heterocycles. The molecule has 0 saturated carbocycles. The van der Waals surface area contributed by atoms with Crippen molar-refractivity contribution in [1.82, 2.24) is 0 Å². The van der Waals surface area contributed by atoms with Crippen LogP contribution in [0.25, 0.3) is 11.1 Å². The first-order chi connectivity index (χ1) is 13.0. The van der Waals surface area contributed by atoms with Gasteiger partial charge in [0.05, 0.1) is 5.56 Å². The van der Waals surface area contributed by atoms with E-state index in [1.807, 2.05) is 54.6 Å². The lowest BCUT2D eigenvalue weighted by Crippen LogP contribution is -2.30. The van der Waals surface area contributed by atoms with Gasteiger partial charge in [-0.3, -0.25) is 4.79 Å². The van der Waals surface area contributed by atoms with E-state index in [2.05, 4.69) is 5.32 Å². The molecule has 3 aromatic rings. The number of amides is 1. The molecule has 0 fully saturated rings. The predicted molar refractivity (Wildman–Crippen MR) is 104 cm³/mol. The number of benzene rings is 3. The first kappa shape index (κ1) is 18.2. The van der Waals surface area contributed by atoms with Crippen LogP contribution in [0.1, 0.15) is 17.3 Å². The number of aromatic carboxylic acids is 1. The Hall–Kier alpha value is -3.60. The van der Waals surface area contributed by atoms with Gasteiger partial charge in [0, 0.05) is 5.69 Å². The summed E-state index contributed by atoms with van der Waals surface area (Å²) in [5, 5.41) is 11.6. The maximum absolute atomic E-state index is 12.3. The smallest absolute Gasteiger partial charge is 0.335 e. The molecule has 0 aliphatic rings. The van der Waals surface area contributed by atoms with Gasteiger partial charge in [0.1, 0.15) is 5.75 Å². The molecule has 0 saturated heterocycles. The van der Waals surface area contributed by atoms with E-state index in [-0.39, 0.29) is 11.5 Å². The minimum Gasteiger partial charge on any atom is -0.481 e. The van der Waals surface area contributed by atoms with Crippen LogP contribution in [0.2, 0.25) is 0 Å². The van der Waals surface area contributed by atoms with Gasteiger partial charge >= 0.3 is 5.97 Å². The molecule has 0 radical (unpaired) electrons. The molecule has 5 nitrogen and oxygen atoms in total. The highest BCUT2D eigenvalue weighted by Gasteiger charge is 2.15. The monoisotopic (exact) mass is 361 g/mol. The number of carbonyl (C=O) groups excluding carboxylic acids is 1. The van der Waals surface area contributed by atoms with Crippen molar-refractivity contribution in [2.24, 2.45) is 0 Å². The molecule has 0 aromatic heterocycles. The number of hydrogen-bond acceptors (Lipinski definition) is 3. The molecule has 136 valence electrons. The average Bonchev–Trinajstić information content (AvgIpc) is 2.69. The molecule has 0 spiro atoms. The van der Waals surface area contributed by atoms with Gasteiger partial charge in [0.2, 0.25) is 0 Å². The normalized spacial score (nSPS) is 11.4. The van der Waals surface area contributed by atoms with Crippen molar-refractivity contribution in [3.8, 4) is 16.9 Å². The van der Waals surface area contributed by atoms with Gasteiger partial charge < -0.3 is 15.2 Å².